The Labute approximate surface area is 70.5 Å². The molecule has 0 aromatic heterocycles. The standard InChI is InChI=1S/C8H14F2O2/c1-12-6-7(11)2-4-8(9,10)5-3-7/h11H,2-6H2,1H3. The molecule has 0 spiro atoms. The minimum atomic E-state index is -2.58. The topological polar surface area (TPSA) is 29.5 Å². The Morgan fingerprint density at radius 1 is 1.25 bits per heavy atom. The van der Waals surface area contributed by atoms with Crippen molar-refractivity contribution in [1.82, 2.24) is 0 Å². The Morgan fingerprint density at radius 2 is 1.75 bits per heavy atom. The number of halogens is 2. The van der Waals surface area contributed by atoms with E-state index in [0.717, 1.165) is 0 Å². The maximum Gasteiger partial charge on any atom is 0.248 e. The van der Waals surface area contributed by atoms with Crippen LogP contribution in [-0.4, -0.2) is 30.3 Å². The largest absolute Gasteiger partial charge is 0.387 e. The molecule has 0 amide bonds. The maximum absolute atomic E-state index is 12.6. The number of ether oxygens (including phenoxy) is 1. The van der Waals surface area contributed by atoms with E-state index in [1.165, 1.54) is 7.11 Å². The predicted molar refractivity (Wildman–Crippen MR) is 40.2 cm³/mol. The third-order valence-corrected chi connectivity index (χ3v) is 2.33. The summed E-state index contributed by atoms with van der Waals surface area (Å²) >= 11 is 0. The number of alkyl halides is 2. The van der Waals surface area contributed by atoms with Gasteiger partial charge in [0.2, 0.25) is 5.92 Å². The average molecular weight is 180 g/mol. The molecule has 12 heavy (non-hydrogen) atoms. The van der Waals surface area contributed by atoms with Gasteiger partial charge in [0.05, 0.1) is 12.2 Å². The molecule has 0 bridgehead atoms. The van der Waals surface area contributed by atoms with E-state index < -0.39 is 11.5 Å². The molecule has 1 aliphatic rings. The van der Waals surface area contributed by atoms with Gasteiger partial charge in [-0.15, -0.1) is 0 Å². The molecule has 0 aromatic rings. The minimum absolute atomic E-state index is 0.133. The SMILES string of the molecule is COCC1(O)CCC(F)(F)CC1. The van der Waals surface area contributed by atoms with E-state index >= 15 is 0 Å². The van der Waals surface area contributed by atoms with Crippen molar-refractivity contribution in [2.75, 3.05) is 13.7 Å². The van der Waals surface area contributed by atoms with Gasteiger partial charge in [-0.2, -0.15) is 0 Å². The van der Waals surface area contributed by atoms with E-state index in [9.17, 15) is 13.9 Å². The summed E-state index contributed by atoms with van der Waals surface area (Å²) in [6.45, 7) is 0.156. The Morgan fingerprint density at radius 3 is 2.17 bits per heavy atom. The molecule has 0 aromatic carbocycles. The summed E-state index contributed by atoms with van der Waals surface area (Å²) in [6, 6.07) is 0. The average Bonchev–Trinajstić information content (AvgIpc) is 1.98. The Hall–Kier alpha value is -0.220. The lowest BCUT2D eigenvalue weighted by Crippen LogP contribution is -2.41. The summed E-state index contributed by atoms with van der Waals surface area (Å²) in [5.41, 5.74) is -1.02. The van der Waals surface area contributed by atoms with E-state index in [4.69, 9.17) is 4.74 Å². The second-order valence-electron chi connectivity index (χ2n) is 3.51. The highest BCUT2D eigenvalue weighted by Crippen LogP contribution is 2.38. The molecule has 72 valence electrons. The van der Waals surface area contributed by atoms with Gasteiger partial charge >= 0.3 is 0 Å². The van der Waals surface area contributed by atoms with E-state index in [1.807, 2.05) is 0 Å². The fourth-order valence-corrected chi connectivity index (χ4v) is 1.49. The van der Waals surface area contributed by atoms with Crippen LogP contribution in [0.4, 0.5) is 8.78 Å². The molecule has 1 aliphatic carbocycles. The number of hydrogen-bond acceptors (Lipinski definition) is 2. The number of hydrogen-bond donors (Lipinski definition) is 1. The monoisotopic (exact) mass is 180 g/mol. The molecule has 4 heteroatoms. The maximum atomic E-state index is 12.6. The van der Waals surface area contributed by atoms with E-state index in [2.05, 4.69) is 0 Å². The highest BCUT2D eigenvalue weighted by Gasteiger charge is 2.42. The zero-order valence-electron chi connectivity index (χ0n) is 7.15. The van der Waals surface area contributed by atoms with Crippen LogP contribution in [0.5, 0.6) is 0 Å². The summed E-state index contributed by atoms with van der Waals surface area (Å²) < 4.78 is 30.0. The zero-order chi connectivity index (χ0) is 9.24. The molecular weight excluding hydrogens is 166 g/mol. The molecule has 0 saturated heterocycles. The number of aliphatic hydroxyl groups is 1. The lowest BCUT2D eigenvalue weighted by atomic mass is 9.83. The van der Waals surface area contributed by atoms with Gasteiger partial charge in [-0.25, -0.2) is 8.78 Å². The first-order valence-electron chi connectivity index (χ1n) is 4.07. The fourth-order valence-electron chi connectivity index (χ4n) is 1.49. The van der Waals surface area contributed by atoms with Crippen LogP contribution in [0.2, 0.25) is 0 Å². The molecule has 0 heterocycles. The van der Waals surface area contributed by atoms with Crippen molar-refractivity contribution in [3.8, 4) is 0 Å². The second kappa shape index (κ2) is 3.26. The van der Waals surface area contributed by atoms with Gasteiger partial charge in [0.25, 0.3) is 0 Å². The number of rotatable bonds is 2. The molecule has 2 nitrogen and oxygen atoms in total. The van der Waals surface area contributed by atoms with Gasteiger partial charge in [0, 0.05) is 20.0 Å². The van der Waals surface area contributed by atoms with Gasteiger partial charge < -0.3 is 9.84 Å². The van der Waals surface area contributed by atoms with Crippen molar-refractivity contribution in [3.63, 3.8) is 0 Å². The zero-order valence-corrected chi connectivity index (χ0v) is 7.15. The molecule has 0 atom stereocenters. The normalized spacial score (nSPS) is 27.0. The molecule has 1 rings (SSSR count). The first kappa shape index (κ1) is 9.86. The minimum Gasteiger partial charge on any atom is -0.387 e. The summed E-state index contributed by atoms with van der Waals surface area (Å²) in [4.78, 5) is 0. The predicted octanol–water partition coefficient (Wildman–Crippen LogP) is 1.57. The fraction of sp³-hybridized carbons (Fsp3) is 1.00. The van der Waals surface area contributed by atoms with Crippen LogP contribution in [0.25, 0.3) is 0 Å². The van der Waals surface area contributed by atoms with Crippen molar-refractivity contribution in [2.24, 2.45) is 0 Å². The van der Waals surface area contributed by atoms with Gasteiger partial charge in [-0.05, 0) is 12.8 Å². The number of methoxy groups -OCH3 is 1. The van der Waals surface area contributed by atoms with Gasteiger partial charge in [0.15, 0.2) is 0 Å². The molecule has 0 unspecified atom stereocenters. The first-order valence-corrected chi connectivity index (χ1v) is 4.07. The highest BCUT2D eigenvalue weighted by atomic mass is 19.3. The van der Waals surface area contributed by atoms with Crippen LogP contribution < -0.4 is 0 Å². The van der Waals surface area contributed by atoms with E-state index in [1.54, 1.807) is 0 Å². The van der Waals surface area contributed by atoms with Crippen LogP contribution >= 0.6 is 0 Å². The van der Waals surface area contributed by atoms with Crippen molar-refractivity contribution in [2.45, 2.75) is 37.2 Å². The summed E-state index contributed by atoms with van der Waals surface area (Å²) in [5.74, 6) is -2.58. The molecule has 0 radical (unpaired) electrons. The molecular formula is C8H14F2O2. The van der Waals surface area contributed by atoms with Crippen LogP contribution in [0, 0.1) is 0 Å². The Bertz CT molecular complexity index is 149. The quantitative estimate of drug-likeness (QED) is 0.699. The molecule has 1 N–H and O–H groups in total. The highest BCUT2D eigenvalue weighted by molar-refractivity contribution is 4.88. The molecule has 1 saturated carbocycles. The Balaban J connectivity index is 2.44. The van der Waals surface area contributed by atoms with Crippen molar-refractivity contribution in [1.29, 1.82) is 0 Å². The third kappa shape index (κ3) is 2.38. The van der Waals surface area contributed by atoms with Crippen LogP contribution in [0.3, 0.4) is 0 Å². The van der Waals surface area contributed by atoms with Gasteiger partial charge in [-0.3, -0.25) is 0 Å². The van der Waals surface area contributed by atoms with Crippen LogP contribution in [0.15, 0.2) is 0 Å². The third-order valence-electron chi connectivity index (χ3n) is 2.33. The molecule has 0 aliphatic heterocycles. The lowest BCUT2D eigenvalue weighted by Gasteiger charge is -2.35. The van der Waals surface area contributed by atoms with Crippen molar-refractivity contribution < 1.29 is 18.6 Å². The van der Waals surface area contributed by atoms with Crippen LogP contribution in [-0.2, 0) is 4.74 Å². The van der Waals surface area contributed by atoms with Crippen LogP contribution in [0.1, 0.15) is 25.7 Å². The summed E-state index contributed by atoms with van der Waals surface area (Å²) in [7, 11) is 1.46. The first-order chi connectivity index (χ1) is 5.47. The lowest BCUT2D eigenvalue weighted by molar-refractivity contribution is -0.124. The second-order valence-corrected chi connectivity index (χ2v) is 3.51. The van der Waals surface area contributed by atoms with E-state index in [0.29, 0.717) is 0 Å². The summed E-state index contributed by atoms with van der Waals surface area (Å²) in [6.07, 6.45) is -0.193. The van der Waals surface area contributed by atoms with Gasteiger partial charge in [-0.1, -0.05) is 0 Å². The summed E-state index contributed by atoms with van der Waals surface area (Å²) in [5, 5.41) is 9.65. The molecule has 1 fully saturated rings. The Kier molecular flexibility index (Phi) is 2.68. The smallest absolute Gasteiger partial charge is 0.248 e. The van der Waals surface area contributed by atoms with E-state index in [-0.39, 0.29) is 32.3 Å². The van der Waals surface area contributed by atoms with Crippen molar-refractivity contribution >= 4 is 0 Å². The van der Waals surface area contributed by atoms with Crippen molar-refractivity contribution in [3.05, 3.63) is 0 Å². The van der Waals surface area contributed by atoms with Gasteiger partial charge in [0.1, 0.15) is 0 Å².